The Kier molecular flexibility index (Phi) is 7.81. The van der Waals surface area contributed by atoms with Crippen molar-refractivity contribution in [2.24, 2.45) is 12.5 Å². The van der Waals surface area contributed by atoms with Crippen molar-refractivity contribution >= 4 is 33.9 Å². The number of aryl methyl sites for hydroxylation is 1. The zero-order chi connectivity index (χ0) is 33.0. The van der Waals surface area contributed by atoms with Gasteiger partial charge in [0.1, 0.15) is 6.07 Å². The highest BCUT2D eigenvalue weighted by Gasteiger charge is 2.67. The van der Waals surface area contributed by atoms with Gasteiger partial charge in [0.05, 0.1) is 39.7 Å². The molecule has 1 aliphatic heterocycles. The van der Waals surface area contributed by atoms with Crippen LogP contribution in [0.1, 0.15) is 56.3 Å². The average Bonchev–Trinajstić information content (AvgIpc) is 3.48. The van der Waals surface area contributed by atoms with Gasteiger partial charge >= 0.3 is 6.18 Å². The van der Waals surface area contributed by atoms with Crippen LogP contribution in [0.4, 0.5) is 24.5 Å². The van der Waals surface area contributed by atoms with Crippen molar-refractivity contribution in [3.05, 3.63) is 82.5 Å². The van der Waals surface area contributed by atoms with Gasteiger partial charge in [-0.05, 0) is 54.0 Å². The second kappa shape index (κ2) is 11.4. The third kappa shape index (κ3) is 5.81. The van der Waals surface area contributed by atoms with Gasteiger partial charge < -0.3 is 16.1 Å². The molecule has 3 heterocycles. The number of fused-ring (bicyclic) bond motifs is 1. The highest BCUT2D eigenvalue weighted by atomic mass is 35.5. The molecule has 0 bridgehead atoms. The number of hydrogen-bond donors (Lipinski definition) is 4. The van der Waals surface area contributed by atoms with Crippen molar-refractivity contribution in [2.45, 2.75) is 58.3 Å². The fourth-order valence-corrected chi connectivity index (χ4v) is 6.05. The van der Waals surface area contributed by atoms with Crippen LogP contribution >= 0.6 is 11.6 Å². The lowest BCUT2D eigenvalue weighted by Crippen LogP contribution is -2.52. The van der Waals surface area contributed by atoms with Gasteiger partial charge in [0.15, 0.2) is 5.54 Å². The van der Waals surface area contributed by atoms with E-state index in [4.69, 9.17) is 11.6 Å². The van der Waals surface area contributed by atoms with Gasteiger partial charge in [0.2, 0.25) is 0 Å². The number of rotatable bonds is 8. The predicted octanol–water partition coefficient (Wildman–Crippen LogP) is 7.34. The number of pyridine rings is 1. The first-order valence-corrected chi connectivity index (χ1v) is 15.3. The summed E-state index contributed by atoms with van der Waals surface area (Å²) >= 11 is 6.79. The number of alkyl halides is 3. The van der Waals surface area contributed by atoms with Gasteiger partial charge in [0, 0.05) is 48.8 Å². The SMILES string of the molecule is Cc1c(-c2cnn(C)c2)cccc1[C@H](Nc1cc(Cl)c2ncc(C#N)c(NCC(C)(C)C)c2c1)C1=CN(C2(C(F)(F)F)CC2)NN1. The van der Waals surface area contributed by atoms with Gasteiger partial charge in [-0.2, -0.15) is 23.5 Å². The maximum absolute atomic E-state index is 14.1. The van der Waals surface area contributed by atoms with Crippen LogP contribution in [0, 0.1) is 23.7 Å². The normalized spacial score (nSPS) is 16.5. The average molecular weight is 650 g/mol. The Bertz CT molecular complexity index is 1880. The molecule has 0 spiro atoms. The third-order valence-corrected chi connectivity index (χ3v) is 8.75. The molecule has 1 atom stereocenters. The molecule has 1 fully saturated rings. The summed E-state index contributed by atoms with van der Waals surface area (Å²) in [6.07, 6.45) is 2.29. The summed E-state index contributed by atoms with van der Waals surface area (Å²) in [5.41, 5.74) is 9.98. The Morgan fingerprint density at radius 3 is 2.57 bits per heavy atom. The highest BCUT2D eigenvalue weighted by Crippen LogP contribution is 2.54. The van der Waals surface area contributed by atoms with Gasteiger partial charge in [-0.15, -0.1) is 5.53 Å². The van der Waals surface area contributed by atoms with Crippen LogP contribution in [0.5, 0.6) is 0 Å². The standard InChI is InChI=1S/C33H35ClF3N9/c1-19-23(21-15-41-45(5)16-21)7-6-8-24(19)30(27-17-46(44-43-27)32(9-10-32)33(35,36)37)42-22-11-25-28(40-18-31(2,3)4)20(13-38)14-39-29(25)26(34)12-22/h6-8,11-12,14-17,30,42-44H,9-10,18H2,1-5H3,(H,39,40)/t30-/m0/s1. The molecule has 4 N–H and O–H groups in total. The fourth-order valence-electron chi connectivity index (χ4n) is 5.79. The quantitative estimate of drug-likeness (QED) is 0.157. The summed E-state index contributed by atoms with van der Waals surface area (Å²) in [7, 11) is 1.84. The van der Waals surface area contributed by atoms with E-state index < -0.39 is 17.8 Å². The summed E-state index contributed by atoms with van der Waals surface area (Å²) in [5, 5.41) is 23.3. The van der Waals surface area contributed by atoms with E-state index in [1.54, 1.807) is 16.9 Å². The van der Waals surface area contributed by atoms with E-state index in [9.17, 15) is 18.4 Å². The number of nitriles is 1. The molecule has 2 aromatic carbocycles. The number of anilines is 2. The molecule has 1 aliphatic carbocycles. The van der Waals surface area contributed by atoms with Crippen molar-refractivity contribution in [3.8, 4) is 17.2 Å². The Morgan fingerprint density at radius 2 is 1.93 bits per heavy atom. The lowest BCUT2D eigenvalue weighted by molar-refractivity contribution is -0.195. The predicted molar refractivity (Wildman–Crippen MR) is 173 cm³/mol. The van der Waals surface area contributed by atoms with Crippen LogP contribution < -0.4 is 21.6 Å². The number of hydrogen-bond acceptors (Lipinski definition) is 8. The molecule has 1 saturated carbocycles. The van der Waals surface area contributed by atoms with E-state index in [2.05, 4.69) is 58.5 Å². The van der Waals surface area contributed by atoms with E-state index in [1.807, 2.05) is 44.4 Å². The molecule has 13 heteroatoms. The second-order valence-electron chi connectivity index (χ2n) is 13.1. The van der Waals surface area contributed by atoms with E-state index in [-0.39, 0.29) is 18.3 Å². The fraction of sp³-hybridized carbons (Fsp3) is 0.364. The first-order chi connectivity index (χ1) is 21.7. The molecule has 2 aromatic heterocycles. The molecular formula is C33H35ClF3N9. The number of nitrogens with zero attached hydrogens (tertiary/aromatic N) is 5. The first kappa shape index (κ1) is 31.5. The van der Waals surface area contributed by atoms with Crippen LogP contribution in [-0.4, -0.2) is 38.0 Å². The molecule has 2 aliphatic rings. The number of nitrogens with one attached hydrogen (secondary N) is 4. The molecule has 9 nitrogen and oxygen atoms in total. The molecular weight excluding hydrogens is 615 g/mol. The zero-order valence-electron chi connectivity index (χ0n) is 26.1. The van der Waals surface area contributed by atoms with Gasteiger partial charge in [-0.3, -0.25) is 14.7 Å². The van der Waals surface area contributed by atoms with Gasteiger partial charge in [-0.1, -0.05) is 50.6 Å². The van der Waals surface area contributed by atoms with E-state index >= 15 is 0 Å². The minimum atomic E-state index is -4.40. The third-order valence-electron chi connectivity index (χ3n) is 8.47. The first-order valence-electron chi connectivity index (χ1n) is 14.9. The maximum Gasteiger partial charge on any atom is 0.413 e. The zero-order valence-corrected chi connectivity index (χ0v) is 26.9. The number of hydrazine groups is 2. The molecule has 4 aromatic rings. The molecule has 6 rings (SSSR count). The number of benzene rings is 2. The number of halogens is 4. The monoisotopic (exact) mass is 649 g/mol. The van der Waals surface area contributed by atoms with E-state index in [0.29, 0.717) is 45.1 Å². The minimum absolute atomic E-state index is 0.00142. The van der Waals surface area contributed by atoms with Crippen molar-refractivity contribution in [1.82, 2.24) is 30.7 Å². The molecule has 0 saturated heterocycles. The minimum Gasteiger partial charge on any atom is -0.383 e. The molecule has 0 amide bonds. The summed E-state index contributed by atoms with van der Waals surface area (Å²) < 4.78 is 43.9. The molecule has 0 radical (unpaired) electrons. The van der Waals surface area contributed by atoms with Crippen molar-refractivity contribution in [2.75, 3.05) is 17.2 Å². The van der Waals surface area contributed by atoms with Crippen LogP contribution in [0.2, 0.25) is 5.02 Å². The molecule has 240 valence electrons. The lowest BCUT2D eigenvalue weighted by Gasteiger charge is -2.28. The van der Waals surface area contributed by atoms with Crippen LogP contribution in [0.15, 0.2) is 60.8 Å². The summed E-state index contributed by atoms with van der Waals surface area (Å²) in [6.45, 7) is 8.85. The summed E-state index contributed by atoms with van der Waals surface area (Å²) in [5.74, 6) is 0. The topological polar surface area (TPSA) is 106 Å². The Labute approximate surface area is 270 Å². The number of aromatic nitrogens is 3. The largest absolute Gasteiger partial charge is 0.413 e. The molecule has 46 heavy (non-hydrogen) atoms. The lowest BCUT2D eigenvalue weighted by atomic mass is 9.92. The second-order valence-corrected chi connectivity index (χ2v) is 13.6. The van der Waals surface area contributed by atoms with Crippen LogP contribution in [0.3, 0.4) is 0 Å². The van der Waals surface area contributed by atoms with Gasteiger partial charge in [-0.25, -0.2) is 0 Å². The Hall–Kier alpha value is -4.47. The smallest absolute Gasteiger partial charge is 0.383 e. The highest BCUT2D eigenvalue weighted by molar-refractivity contribution is 6.35. The van der Waals surface area contributed by atoms with E-state index in [1.165, 1.54) is 12.4 Å². The van der Waals surface area contributed by atoms with Crippen LogP contribution in [0.25, 0.3) is 22.0 Å². The Balaban J connectivity index is 1.46. The van der Waals surface area contributed by atoms with Crippen molar-refractivity contribution in [3.63, 3.8) is 0 Å². The van der Waals surface area contributed by atoms with E-state index in [0.717, 1.165) is 27.3 Å². The van der Waals surface area contributed by atoms with Crippen molar-refractivity contribution in [1.29, 1.82) is 5.26 Å². The van der Waals surface area contributed by atoms with Crippen LogP contribution in [-0.2, 0) is 7.05 Å². The summed E-state index contributed by atoms with van der Waals surface area (Å²) in [4.78, 5) is 4.46. The van der Waals surface area contributed by atoms with Crippen molar-refractivity contribution < 1.29 is 13.2 Å². The Morgan fingerprint density at radius 1 is 1.17 bits per heavy atom. The maximum atomic E-state index is 14.1. The molecule has 0 unspecified atom stereocenters. The summed E-state index contributed by atoms with van der Waals surface area (Å²) in [6, 6.07) is 11.1. The van der Waals surface area contributed by atoms with Gasteiger partial charge in [0.25, 0.3) is 0 Å².